The van der Waals surface area contributed by atoms with E-state index in [1.807, 2.05) is 6.92 Å². The molecule has 0 aliphatic carbocycles. The lowest BCUT2D eigenvalue weighted by Crippen LogP contribution is -2.37. The molecule has 0 aromatic rings. The maximum Gasteiger partial charge on any atom is 0.323 e. The fourth-order valence-electron chi connectivity index (χ4n) is 2.24. The van der Waals surface area contributed by atoms with Crippen LogP contribution in [0, 0.1) is 0 Å². The Hall–Kier alpha value is -0.610. The van der Waals surface area contributed by atoms with Gasteiger partial charge in [0.1, 0.15) is 6.04 Å². The molecular formula is C12H24N2O2. The van der Waals surface area contributed by atoms with E-state index in [4.69, 9.17) is 10.5 Å². The Kier molecular flexibility index (Phi) is 6.42. The van der Waals surface area contributed by atoms with E-state index in [1.165, 1.54) is 0 Å². The van der Waals surface area contributed by atoms with E-state index in [0.29, 0.717) is 6.61 Å². The van der Waals surface area contributed by atoms with Gasteiger partial charge in [-0.15, -0.1) is 0 Å². The van der Waals surface area contributed by atoms with Crippen LogP contribution in [0.1, 0.15) is 39.0 Å². The maximum atomic E-state index is 11.7. The topological polar surface area (TPSA) is 55.6 Å². The molecule has 1 atom stereocenters. The second kappa shape index (κ2) is 7.63. The molecule has 0 radical (unpaired) electrons. The van der Waals surface area contributed by atoms with E-state index in [0.717, 1.165) is 51.7 Å². The van der Waals surface area contributed by atoms with Gasteiger partial charge in [-0.25, -0.2) is 0 Å². The molecule has 1 unspecified atom stereocenters. The van der Waals surface area contributed by atoms with Gasteiger partial charge in [0.25, 0.3) is 0 Å². The van der Waals surface area contributed by atoms with Crippen LogP contribution in [0.3, 0.4) is 0 Å². The minimum atomic E-state index is -0.0428. The Morgan fingerprint density at radius 1 is 1.44 bits per heavy atom. The predicted octanol–water partition coefficient (Wildman–Crippen LogP) is 1.14. The highest BCUT2D eigenvalue weighted by Crippen LogP contribution is 2.19. The van der Waals surface area contributed by atoms with Crippen LogP contribution in [0.25, 0.3) is 0 Å². The summed E-state index contributed by atoms with van der Waals surface area (Å²) in [6.07, 6.45) is 5.43. The first-order valence-corrected chi connectivity index (χ1v) is 6.40. The van der Waals surface area contributed by atoms with Crippen LogP contribution in [0.15, 0.2) is 0 Å². The number of likely N-dealkylation sites (tertiary alicyclic amines) is 1. The van der Waals surface area contributed by atoms with E-state index in [9.17, 15) is 4.79 Å². The highest BCUT2D eigenvalue weighted by Gasteiger charge is 2.30. The Balaban J connectivity index is 2.26. The molecule has 0 amide bonds. The molecule has 94 valence electrons. The number of unbranched alkanes of at least 4 members (excludes halogenated alkanes) is 2. The van der Waals surface area contributed by atoms with Crippen LogP contribution in [-0.2, 0) is 9.53 Å². The lowest BCUT2D eigenvalue weighted by Gasteiger charge is -2.22. The molecule has 0 aromatic heterocycles. The third-order valence-electron chi connectivity index (χ3n) is 3.07. The summed E-state index contributed by atoms with van der Waals surface area (Å²) in [6.45, 7) is 5.14. The molecule has 1 fully saturated rings. The first-order chi connectivity index (χ1) is 7.79. The van der Waals surface area contributed by atoms with Gasteiger partial charge < -0.3 is 10.5 Å². The monoisotopic (exact) mass is 228 g/mol. The van der Waals surface area contributed by atoms with E-state index >= 15 is 0 Å². The molecule has 0 bridgehead atoms. The molecule has 2 N–H and O–H groups in total. The number of hydrogen-bond donors (Lipinski definition) is 1. The molecule has 1 aliphatic heterocycles. The van der Waals surface area contributed by atoms with Gasteiger partial charge in [0, 0.05) is 0 Å². The van der Waals surface area contributed by atoms with Gasteiger partial charge in [-0.3, -0.25) is 9.69 Å². The number of nitrogens with two attached hydrogens (primary N) is 1. The highest BCUT2D eigenvalue weighted by atomic mass is 16.5. The molecule has 1 rings (SSSR count). The predicted molar refractivity (Wildman–Crippen MR) is 64.1 cm³/mol. The quantitative estimate of drug-likeness (QED) is 0.524. The van der Waals surface area contributed by atoms with Crippen LogP contribution in [-0.4, -0.2) is 43.2 Å². The van der Waals surface area contributed by atoms with E-state index in [1.54, 1.807) is 0 Å². The molecule has 0 spiro atoms. The van der Waals surface area contributed by atoms with Gasteiger partial charge in [0.2, 0.25) is 0 Å². The van der Waals surface area contributed by atoms with Crippen molar-refractivity contribution < 1.29 is 9.53 Å². The molecule has 4 heteroatoms. The second-order valence-electron chi connectivity index (χ2n) is 4.30. The molecule has 1 aliphatic rings. The maximum absolute atomic E-state index is 11.7. The van der Waals surface area contributed by atoms with Crippen molar-refractivity contribution in [2.24, 2.45) is 5.73 Å². The fourth-order valence-corrected chi connectivity index (χ4v) is 2.24. The average Bonchev–Trinajstić information content (AvgIpc) is 2.73. The van der Waals surface area contributed by atoms with Gasteiger partial charge in [-0.2, -0.15) is 0 Å². The fraction of sp³-hybridized carbons (Fsp3) is 0.917. The van der Waals surface area contributed by atoms with Crippen molar-refractivity contribution >= 4 is 5.97 Å². The summed E-state index contributed by atoms with van der Waals surface area (Å²) in [4.78, 5) is 13.9. The summed E-state index contributed by atoms with van der Waals surface area (Å²) in [5.74, 6) is -0.0428. The molecule has 1 saturated heterocycles. The largest absolute Gasteiger partial charge is 0.465 e. The smallest absolute Gasteiger partial charge is 0.323 e. The van der Waals surface area contributed by atoms with Crippen molar-refractivity contribution in [2.75, 3.05) is 26.2 Å². The number of ether oxygens (including phenoxy) is 1. The molecule has 0 saturated carbocycles. The van der Waals surface area contributed by atoms with Crippen molar-refractivity contribution in [3.05, 3.63) is 0 Å². The molecule has 1 heterocycles. The zero-order chi connectivity index (χ0) is 11.8. The molecule has 0 aromatic carbocycles. The second-order valence-corrected chi connectivity index (χ2v) is 4.30. The van der Waals surface area contributed by atoms with Gasteiger partial charge in [0.05, 0.1) is 6.61 Å². The van der Waals surface area contributed by atoms with Crippen molar-refractivity contribution in [1.82, 2.24) is 4.90 Å². The summed E-state index contributed by atoms with van der Waals surface area (Å²) in [5, 5.41) is 0. The Morgan fingerprint density at radius 3 is 2.94 bits per heavy atom. The molecular weight excluding hydrogens is 204 g/mol. The van der Waals surface area contributed by atoms with Crippen LogP contribution in [0.2, 0.25) is 0 Å². The van der Waals surface area contributed by atoms with Crippen LogP contribution in [0.5, 0.6) is 0 Å². The normalized spacial score (nSPS) is 21.2. The first-order valence-electron chi connectivity index (χ1n) is 6.40. The summed E-state index contributed by atoms with van der Waals surface area (Å²) >= 11 is 0. The zero-order valence-corrected chi connectivity index (χ0v) is 10.3. The van der Waals surface area contributed by atoms with Crippen LogP contribution in [0.4, 0.5) is 0 Å². The van der Waals surface area contributed by atoms with Crippen molar-refractivity contribution in [3.63, 3.8) is 0 Å². The number of carbonyl (C=O) groups excluding carboxylic acids is 1. The van der Waals surface area contributed by atoms with Gasteiger partial charge in [0.15, 0.2) is 0 Å². The van der Waals surface area contributed by atoms with Crippen LogP contribution < -0.4 is 5.73 Å². The average molecular weight is 228 g/mol. The Bertz CT molecular complexity index is 209. The Labute approximate surface area is 98.1 Å². The summed E-state index contributed by atoms with van der Waals surface area (Å²) < 4.78 is 5.08. The SMILES string of the molecule is CCOC(=O)C1CCCN1CCCCCN. The van der Waals surface area contributed by atoms with Crippen LogP contribution >= 0.6 is 0 Å². The van der Waals surface area contributed by atoms with Crippen molar-refractivity contribution in [3.8, 4) is 0 Å². The van der Waals surface area contributed by atoms with Gasteiger partial charge in [-0.1, -0.05) is 6.42 Å². The third-order valence-corrected chi connectivity index (χ3v) is 3.07. The standard InChI is InChI=1S/C12H24N2O2/c1-2-16-12(15)11-7-6-10-14(11)9-5-3-4-8-13/h11H,2-10,13H2,1H3. The Morgan fingerprint density at radius 2 is 2.25 bits per heavy atom. The minimum Gasteiger partial charge on any atom is -0.465 e. The lowest BCUT2D eigenvalue weighted by molar-refractivity contribution is -0.148. The number of rotatable bonds is 7. The minimum absolute atomic E-state index is 0.0119. The number of hydrogen-bond acceptors (Lipinski definition) is 4. The highest BCUT2D eigenvalue weighted by molar-refractivity contribution is 5.76. The van der Waals surface area contributed by atoms with Crippen molar-refractivity contribution in [2.45, 2.75) is 45.1 Å². The van der Waals surface area contributed by atoms with E-state index < -0.39 is 0 Å². The number of carbonyl (C=O) groups is 1. The first kappa shape index (κ1) is 13.5. The summed E-state index contributed by atoms with van der Waals surface area (Å²) in [7, 11) is 0. The zero-order valence-electron chi connectivity index (χ0n) is 10.3. The summed E-state index contributed by atoms with van der Waals surface area (Å²) in [5.41, 5.74) is 5.45. The van der Waals surface area contributed by atoms with Gasteiger partial charge in [-0.05, 0) is 52.2 Å². The molecule has 16 heavy (non-hydrogen) atoms. The third kappa shape index (κ3) is 4.10. The van der Waals surface area contributed by atoms with E-state index in [-0.39, 0.29) is 12.0 Å². The lowest BCUT2D eigenvalue weighted by atomic mass is 10.2. The number of esters is 1. The van der Waals surface area contributed by atoms with Crippen molar-refractivity contribution in [1.29, 1.82) is 0 Å². The van der Waals surface area contributed by atoms with E-state index in [2.05, 4.69) is 4.90 Å². The number of nitrogens with zero attached hydrogens (tertiary/aromatic N) is 1. The van der Waals surface area contributed by atoms with Gasteiger partial charge >= 0.3 is 5.97 Å². The summed E-state index contributed by atoms with van der Waals surface area (Å²) in [6, 6.07) is 0.0119. The molecule has 4 nitrogen and oxygen atoms in total.